The molecule has 1 heterocycles. The van der Waals surface area contributed by atoms with E-state index in [2.05, 4.69) is 0 Å². The summed E-state index contributed by atoms with van der Waals surface area (Å²) in [5.74, 6) is -0.500. The number of hydrogen-bond donors (Lipinski definition) is 2. The molecule has 0 aliphatic rings. The molecule has 1 atom stereocenters. The Hall–Kier alpha value is -0.580. The molecule has 0 fully saturated rings. The molecular weight excluding hydrogens is 196 g/mol. The first-order chi connectivity index (χ1) is 5.61. The Labute approximate surface area is 79.3 Å². The lowest BCUT2D eigenvalue weighted by atomic mass is 10.2. The Morgan fingerprint density at radius 1 is 1.75 bits per heavy atom. The summed E-state index contributed by atoms with van der Waals surface area (Å²) >= 11 is 7.27. The highest BCUT2D eigenvalue weighted by Crippen LogP contribution is 2.22. The standard InChI is InChI=1S/C7H9ClN2OS/c8-4-1-2-12-6(4)3-5(9)7(10)11/h1-2,5H,3,9H2,(H2,10,11). The molecule has 1 unspecified atom stereocenters. The zero-order chi connectivity index (χ0) is 9.14. The van der Waals surface area contributed by atoms with Crippen LogP contribution in [-0.4, -0.2) is 11.9 Å². The number of amides is 1. The van der Waals surface area contributed by atoms with E-state index in [1.54, 1.807) is 6.07 Å². The van der Waals surface area contributed by atoms with Gasteiger partial charge in [-0.05, 0) is 11.4 Å². The molecule has 0 saturated carbocycles. The van der Waals surface area contributed by atoms with Crippen LogP contribution in [0.5, 0.6) is 0 Å². The number of halogens is 1. The highest BCUT2D eigenvalue weighted by molar-refractivity contribution is 7.10. The van der Waals surface area contributed by atoms with Gasteiger partial charge in [-0.15, -0.1) is 11.3 Å². The molecule has 66 valence electrons. The predicted molar refractivity (Wildman–Crippen MR) is 50.2 cm³/mol. The lowest BCUT2D eigenvalue weighted by molar-refractivity contribution is -0.119. The average Bonchev–Trinajstić information content (AvgIpc) is 2.36. The fraction of sp³-hybridized carbons (Fsp3) is 0.286. The van der Waals surface area contributed by atoms with E-state index in [-0.39, 0.29) is 0 Å². The van der Waals surface area contributed by atoms with Crippen molar-refractivity contribution in [3.8, 4) is 0 Å². The van der Waals surface area contributed by atoms with Crippen LogP contribution in [0.4, 0.5) is 0 Å². The zero-order valence-corrected chi connectivity index (χ0v) is 7.86. The number of carbonyl (C=O) groups excluding carboxylic acids is 1. The second-order valence-corrected chi connectivity index (χ2v) is 3.81. The van der Waals surface area contributed by atoms with Crippen molar-refractivity contribution >= 4 is 28.8 Å². The first-order valence-corrected chi connectivity index (χ1v) is 4.64. The summed E-state index contributed by atoms with van der Waals surface area (Å²) in [7, 11) is 0. The fourth-order valence-corrected chi connectivity index (χ4v) is 1.94. The summed E-state index contributed by atoms with van der Waals surface area (Å²) in [6.07, 6.45) is 0.422. The molecule has 0 radical (unpaired) electrons. The van der Waals surface area contributed by atoms with Crippen molar-refractivity contribution in [2.24, 2.45) is 11.5 Å². The maximum Gasteiger partial charge on any atom is 0.234 e. The van der Waals surface area contributed by atoms with E-state index in [1.807, 2.05) is 5.38 Å². The van der Waals surface area contributed by atoms with Crippen LogP contribution in [0.3, 0.4) is 0 Å². The summed E-state index contributed by atoms with van der Waals surface area (Å²) in [6.45, 7) is 0. The van der Waals surface area contributed by atoms with Crippen molar-refractivity contribution in [1.82, 2.24) is 0 Å². The smallest absolute Gasteiger partial charge is 0.234 e. The van der Waals surface area contributed by atoms with E-state index in [1.165, 1.54) is 11.3 Å². The molecule has 3 nitrogen and oxygen atoms in total. The molecule has 0 saturated heterocycles. The maximum atomic E-state index is 10.6. The summed E-state index contributed by atoms with van der Waals surface area (Å²) in [5, 5.41) is 2.50. The van der Waals surface area contributed by atoms with Crippen molar-refractivity contribution < 1.29 is 4.79 Å². The van der Waals surface area contributed by atoms with Crippen LogP contribution in [0, 0.1) is 0 Å². The van der Waals surface area contributed by atoms with Crippen molar-refractivity contribution in [2.75, 3.05) is 0 Å². The van der Waals surface area contributed by atoms with Gasteiger partial charge in [0, 0.05) is 11.3 Å². The molecule has 12 heavy (non-hydrogen) atoms. The van der Waals surface area contributed by atoms with Crippen LogP contribution in [0.2, 0.25) is 5.02 Å². The van der Waals surface area contributed by atoms with Crippen LogP contribution < -0.4 is 11.5 Å². The molecule has 0 bridgehead atoms. The zero-order valence-electron chi connectivity index (χ0n) is 6.29. The minimum Gasteiger partial charge on any atom is -0.368 e. The molecule has 1 amide bonds. The molecule has 1 aromatic rings. The molecule has 4 N–H and O–H groups in total. The molecule has 0 aliphatic carbocycles. The van der Waals surface area contributed by atoms with Crippen molar-refractivity contribution in [2.45, 2.75) is 12.5 Å². The number of primary amides is 1. The number of carbonyl (C=O) groups is 1. The number of thiophene rings is 1. The van der Waals surface area contributed by atoms with Gasteiger partial charge in [-0.3, -0.25) is 4.79 Å². The highest BCUT2D eigenvalue weighted by Gasteiger charge is 2.12. The quantitative estimate of drug-likeness (QED) is 0.763. The Morgan fingerprint density at radius 2 is 2.42 bits per heavy atom. The third kappa shape index (κ3) is 2.20. The van der Waals surface area contributed by atoms with E-state index >= 15 is 0 Å². The predicted octanol–water partition coefficient (Wildman–Crippen LogP) is 0.757. The Morgan fingerprint density at radius 3 is 2.83 bits per heavy atom. The number of nitrogens with two attached hydrogens (primary N) is 2. The van der Waals surface area contributed by atoms with E-state index in [4.69, 9.17) is 23.1 Å². The first kappa shape index (κ1) is 9.51. The summed E-state index contributed by atoms with van der Waals surface area (Å²) < 4.78 is 0. The van der Waals surface area contributed by atoms with Gasteiger partial charge >= 0.3 is 0 Å². The third-order valence-corrected chi connectivity index (χ3v) is 2.87. The van der Waals surface area contributed by atoms with Gasteiger partial charge in [0.1, 0.15) is 0 Å². The second kappa shape index (κ2) is 3.89. The van der Waals surface area contributed by atoms with Crippen LogP contribution in [0.1, 0.15) is 4.88 Å². The van der Waals surface area contributed by atoms with Gasteiger partial charge in [0.2, 0.25) is 5.91 Å². The SMILES string of the molecule is NC(=O)C(N)Cc1sccc1Cl. The summed E-state index contributed by atoms with van der Waals surface area (Å²) in [4.78, 5) is 11.5. The molecular formula is C7H9ClN2OS. The maximum absolute atomic E-state index is 10.6. The summed E-state index contributed by atoms with van der Waals surface area (Å²) in [6, 6.07) is 1.14. The second-order valence-electron chi connectivity index (χ2n) is 2.40. The Bertz CT molecular complexity index is 287. The van der Waals surface area contributed by atoms with Crippen molar-refractivity contribution in [1.29, 1.82) is 0 Å². The van der Waals surface area contributed by atoms with Crippen molar-refractivity contribution in [3.63, 3.8) is 0 Å². The van der Waals surface area contributed by atoms with Gasteiger partial charge in [0.25, 0.3) is 0 Å². The molecule has 0 aromatic carbocycles. The average molecular weight is 205 g/mol. The van der Waals surface area contributed by atoms with Gasteiger partial charge in [-0.2, -0.15) is 0 Å². The normalized spacial score (nSPS) is 12.8. The van der Waals surface area contributed by atoms with Crippen LogP contribution in [-0.2, 0) is 11.2 Å². The Kier molecular flexibility index (Phi) is 3.08. The van der Waals surface area contributed by atoms with E-state index in [0.29, 0.717) is 11.4 Å². The molecule has 0 aliphatic heterocycles. The van der Waals surface area contributed by atoms with Gasteiger partial charge in [-0.25, -0.2) is 0 Å². The van der Waals surface area contributed by atoms with Crippen LogP contribution in [0.15, 0.2) is 11.4 Å². The number of rotatable bonds is 3. The largest absolute Gasteiger partial charge is 0.368 e. The van der Waals surface area contributed by atoms with E-state index in [9.17, 15) is 4.79 Å². The van der Waals surface area contributed by atoms with E-state index < -0.39 is 11.9 Å². The van der Waals surface area contributed by atoms with Crippen molar-refractivity contribution in [3.05, 3.63) is 21.3 Å². The monoisotopic (exact) mass is 204 g/mol. The topological polar surface area (TPSA) is 69.1 Å². The van der Waals surface area contributed by atoms with Gasteiger partial charge < -0.3 is 11.5 Å². The third-order valence-electron chi connectivity index (χ3n) is 1.46. The minimum atomic E-state index is -0.638. The lowest BCUT2D eigenvalue weighted by Crippen LogP contribution is -2.37. The molecule has 1 aromatic heterocycles. The minimum absolute atomic E-state index is 0.422. The number of hydrogen-bond acceptors (Lipinski definition) is 3. The van der Waals surface area contributed by atoms with Gasteiger partial charge in [-0.1, -0.05) is 11.6 Å². The molecule has 1 rings (SSSR count). The van der Waals surface area contributed by atoms with Crippen LogP contribution >= 0.6 is 22.9 Å². The fourth-order valence-electron chi connectivity index (χ4n) is 0.771. The summed E-state index contributed by atoms with van der Waals surface area (Å²) in [5.41, 5.74) is 10.5. The molecule has 0 spiro atoms. The lowest BCUT2D eigenvalue weighted by Gasteiger charge is -2.04. The van der Waals surface area contributed by atoms with E-state index in [0.717, 1.165) is 4.88 Å². The molecule has 5 heteroatoms. The van der Waals surface area contributed by atoms with Gasteiger partial charge in [0.05, 0.1) is 11.1 Å². The van der Waals surface area contributed by atoms with Gasteiger partial charge in [0.15, 0.2) is 0 Å². The first-order valence-electron chi connectivity index (χ1n) is 3.38. The highest BCUT2D eigenvalue weighted by atomic mass is 35.5. The Balaban J connectivity index is 2.64. The van der Waals surface area contributed by atoms with Crippen LogP contribution in [0.25, 0.3) is 0 Å².